The molecule has 0 bridgehead atoms. The SMILES string of the molecule is O=C(/C=C(\O)C(F)(OC(F)(F)C(F)(F)C(F)(F)F)C(F)(F)F)C(F)(OC(F)(F)C(F)(F)C(F)(F)F)C(F)(F)F. The Morgan fingerprint density at radius 3 is 0.949 bits per heavy atom. The normalized spacial score (nSPS) is 19.0. The van der Waals surface area contributed by atoms with Crippen LogP contribution in [0.2, 0.25) is 0 Å². The molecule has 2 unspecified atom stereocenters. The van der Waals surface area contributed by atoms with E-state index in [1.54, 1.807) is 0 Å². The van der Waals surface area contributed by atoms with Crippen molar-refractivity contribution in [1.29, 1.82) is 0 Å². The lowest BCUT2D eigenvalue weighted by Gasteiger charge is -2.35. The first-order valence-corrected chi connectivity index (χ1v) is 7.98. The van der Waals surface area contributed by atoms with Gasteiger partial charge in [0.2, 0.25) is 5.78 Å². The molecule has 0 aliphatic carbocycles. The van der Waals surface area contributed by atoms with E-state index in [4.69, 9.17) is 5.11 Å². The summed E-state index contributed by atoms with van der Waals surface area (Å²) in [6.07, 6.45) is -48.9. The molecule has 0 aliphatic heterocycles. The van der Waals surface area contributed by atoms with Crippen LogP contribution < -0.4 is 0 Å². The second-order valence-electron chi connectivity index (χ2n) is 6.46. The highest BCUT2D eigenvalue weighted by Crippen LogP contribution is 2.54. The van der Waals surface area contributed by atoms with Gasteiger partial charge in [0.25, 0.3) is 0 Å². The van der Waals surface area contributed by atoms with Gasteiger partial charge >= 0.3 is 60.5 Å². The van der Waals surface area contributed by atoms with E-state index in [0.717, 1.165) is 0 Å². The molecule has 0 amide bonds. The molecule has 0 fully saturated rings. The van der Waals surface area contributed by atoms with Gasteiger partial charge in [-0.2, -0.15) is 96.6 Å². The van der Waals surface area contributed by atoms with Gasteiger partial charge in [-0.05, 0) is 0 Å². The van der Waals surface area contributed by atoms with E-state index in [1.807, 2.05) is 0 Å². The molecule has 0 radical (unpaired) electrons. The molecule has 0 aromatic heterocycles. The Balaban J connectivity index is 6.99. The quantitative estimate of drug-likeness (QED) is 0.167. The molecule has 1 N–H and O–H groups in total. The highest BCUT2D eigenvalue weighted by atomic mass is 19.4. The number of aliphatic hydroxyl groups is 1. The van der Waals surface area contributed by atoms with Crippen LogP contribution in [-0.2, 0) is 14.3 Å². The number of rotatable bonds is 9. The zero-order valence-corrected chi connectivity index (χ0v) is 16.6. The summed E-state index contributed by atoms with van der Waals surface area (Å²) < 4.78 is 282. The first-order valence-electron chi connectivity index (χ1n) is 7.98. The number of alkyl halides is 22. The Kier molecular flexibility index (Phi) is 9.01. The van der Waals surface area contributed by atoms with Crippen LogP contribution in [-0.4, -0.2) is 71.4 Å². The van der Waals surface area contributed by atoms with Crippen molar-refractivity contribution < 1.29 is 116 Å². The molecule has 0 saturated carbocycles. The van der Waals surface area contributed by atoms with Crippen molar-refractivity contribution >= 4 is 5.78 Å². The Morgan fingerprint density at radius 1 is 0.462 bits per heavy atom. The lowest BCUT2D eigenvalue weighted by molar-refractivity contribution is -0.478. The molecule has 0 saturated heterocycles. The zero-order chi connectivity index (χ0) is 32.3. The third-order valence-electron chi connectivity index (χ3n) is 3.62. The van der Waals surface area contributed by atoms with Gasteiger partial charge < -0.3 is 5.11 Å². The molecule has 232 valence electrons. The highest BCUT2D eigenvalue weighted by molar-refractivity contribution is 5.97. The summed E-state index contributed by atoms with van der Waals surface area (Å²) in [4.78, 5) is 11.3. The molecular formula is C13H2F22O4. The van der Waals surface area contributed by atoms with E-state index < -0.39 is 78.1 Å². The topological polar surface area (TPSA) is 55.8 Å². The first-order chi connectivity index (χ1) is 16.5. The van der Waals surface area contributed by atoms with Gasteiger partial charge in [0, 0.05) is 6.08 Å². The van der Waals surface area contributed by atoms with Crippen LogP contribution in [0.15, 0.2) is 11.8 Å². The van der Waals surface area contributed by atoms with E-state index in [2.05, 4.69) is 0 Å². The number of halogens is 22. The molecule has 2 atom stereocenters. The molecule has 0 aromatic rings. The van der Waals surface area contributed by atoms with Crippen LogP contribution in [0.3, 0.4) is 0 Å². The number of ether oxygens (including phenoxy) is 2. The number of carbonyl (C=O) groups excluding carboxylic acids is 1. The minimum atomic E-state index is -7.88. The summed E-state index contributed by atoms with van der Waals surface area (Å²) in [6, 6.07) is 0. The molecule has 0 spiro atoms. The second kappa shape index (κ2) is 9.60. The summed E-state index contributed by atoms with van der Waals surface area (Å²) in [7, 11) is 0. The van der Waals surface area contributed by atoms with Crippen molar-refractivity contribution in [2.45, 2.75) is 60.5 Å². The van der Waals surface area contributed by atoms with Crippen molar-refractivity contribution in [3.63, 3.8) is 0 Å². The maximum atomic E-state index is 14.0. The lowest BCUT2D eigenvalue weighted by Crippen LogP contribution is -2.61. The van der Waals surface area contributed by atoms with Gasteiger partial charge in [-0.3, -0.25) is 14.3 Å². The second-order valence-corrected chi connectivity index (χ2v) is 6.46. The third-order valence-corrected chi connectivity index (χ3v) is 3.62. The van der Waals surface area contributed by atoms with E-state index in [-0.39, 0.29) is 0 Å². The lowest BCUT2D eigenvalue weighted by atomic mass is 10.1. The predicted molar refractivity (Wildman–Crippen MR) is 69.6 cm³/mol. The largest absolute Gasteiger partial charge is 0.506 e. The Morgan fingerprint density at radius 2 is 0.718 bits per heavy atom. The van der Waals surface area contributed by atoms with Crippen molar-refractivity contribution in [3.05, 3.63) is 11.8 Å². The standard InChI is InChI=1S/C13H2F22O4/c14-4(8(20,21)22,38-12(32,33)6(16,17)10(26,27)28)2(36)1-3(37)5(15,9(23,24)25)39-13(34,35)7(18,19)11(29,30)31/h1,36H/b2-1-. The van der Waals surface area contributed by atoms with Crippen molar-refractivity contribution in [2.75, 3.05) is 0 Å². The number of carbonyl (C=O) groups is 1. The van der Waals surface area contributed by atoms with Crippen LogP contribution >= 0.6 is 0 Å². The fraction of sp³-hybridized carbons (Fsp3) is 0.769. The average molecular weight is 640 g/mol. The summed E-state index contributed by atoms with van der Waals surface area (Å²) >= 11 is 0. The van der Waals surface area contributed by atoms with Crippen LogP contribution in [0.25, 0.3) is 0 Å². The first kappa shape index (κ1) is 36.6. The Bertz CT molecular complexity index is 938. The molecule has 0 aromatic carbocycles. The molecule has 39 heavy (non-hydrogen) atoms. The molecule has 0 aliphatic rings. The summed E-state index contributed by atoms with van der Waals surface area (Å²) in [5.41, 5.74) is 0. The van der Waals surface area contributed by atoms with E-state index in [0.29, 0.717) is 0 Å². The molecule has 0 heterocycles. The number of hydrogen-bond donors (Lipinski definition) is 1. The van der Waals surface area contributed by atoms with Gasteiger partial charge in [0.15, 0.2) is 5.76 Å². The summed E-state index contributed by atoms with van der Waals surface area (Å²) in [6.45, 7) is 0. The van der Waals surface area contributed by atoms with Crippen LogP contribution in [0, 0.1) is 0 Å². The monoisotopic (exact) mass is 640 g/mol. The summed E-state index contributed by atoms with van der Waals surface area (Å²) in [5.74, 6) is -39.7. The predicted octanol–water partition coefficient (Wildman–Crippen LogP) is 7.07. The summed E-state index contributed by atoms with van der Waals surface area (Å²) in [5, 5.41) is 8.78. The highest BCUT2D eigenvalue weighted by Gasteiger charge is 2.81. The van der Waals surface area contributed by atoms with Gasteiger partial charge in [-0.1, -0.05) is 0 Å². The number of ketones is 1. The van der Waals surface area contributed by atoms with Gasteiger partial charge in [-0.15, -0.1) is 0 Å². The minimum Gasteiger partial charge on any atom is -0.506 e. The average Bonchev–Trinajstić information content (AvgIpc) is 2.62. The smallest absolute Gasteiger partial charge is 0.462 e. The fourth-order valence-electron chi connectivity index (χ4n) is 1.62. The Labute approximate surface area is 195 Å². The third kappa shape index (κ3) is 6.34. The maximum absolute atomic E-state index is 14.0. The number of aliphatic hydroxyl groups excluding tert-OH is 1. The fourth-order valence-corrected chi connectivity index (χ4v) is 1.62. The molecule has 26 heteroatoms. The molecular weight excluding hydrogens is 638 g/mol. The van der Waals surface area contributed by atoms with E-state index in [9.17, 15) is 101 Å². The maximum Gasteiger partial charge on any atom is 0.462 e. The van der Waals surface area contributed by atoms with Gasteiger partial charge in [0.1, 0.15) is 0 Å². The Hall–Kier alpha value is -2.41. The van der Waals surface area contributed by atoms with Crippen LogP contribution in [0.4, 0.5) is 96.6 Å². The van der Waals surface area contributed by atoms with Crippen molar-refractivity contribution in [1.82, 2.24) is 0 Å². The van der Waals surface area contributed by atoms with Crippen LogP contribution in [0.1, 0.15) is 0 Å². The number of hydrogen-bond acceptors (Lipinski definition) is 4. The zero-order valence-electron chi connectivity index (χ0n) is 16.6. The van der Waals surface area contributed by atoms with Crippen molar-refractivity contribution in [2.24, 2.45) is 0 Å². The van der Waals surface area contributed by atoms with E-state index >= 15 is 0 Å². The minimum absolute atomic E-state index is 1.48. The van der Waals surface area contributed by atoms with Crippen LogP contribution in [0.5, 0.6) is 0 Å². The molecule has 0 rings (SSSR count). The molecule has 4 nitrogen and oxygen atoms in total. The van der Waals surface area contributed by atoms with Gasteiger partial charge in [-0.25, -0.2) is 0 Å². The van der Waals surface area contributed by atoms with E-state index in [1.165, 1.54) is 9.47 Å². The van der Waals surface area contributed by atoms with Gasteiger partial charge in [0.05, 0.1) is 0 Å². The van der Waals surface area contributed by atoms with Crippen molar-refractivity contribution in [3.8, 4) is 0 Å².